The fourth-order valence-corrected chi connectivity index (χ4v) is 1.87. The van der Waals surface area contributed by atoms with Gasteiger partial charge < -0.3 is 4.74 Å². The summed E-state index contributed by atoms with van der Waals surface area (Å²) in [6, 6.07) is 10.0. The van der Waals surface area contributed by atoms with Crippen molar-refractivity contribution in [3.05, 3.63) is 35.8 Å². The van der Waals surface area contributed by atoms with Crippen LogP contribution in [0.4, 0.5) is 0 Å². The molecule has 2 nitrogen and oxygen atoms in total. The van der Waals surface area contributed by atoms with E-state index in [9.17, 15) is 0 Å². The molecule has 71 valence electrons. The standard InChI is InChI=1S/C11H10NOS/c1-2-13-11-10(12-8-14-11)9-6-4-3-5-7-9/h3-7H,2H2,1H3. The summed E-state index contributed by atoms with van der Waals surface area (Å²) >= 11 is 1.41. The van der Waals surface area contributed by atoms with E-state index >= 15 is 0 Å². The Kier molecular flexibility index (Phi) is 2.79. The summed E-state index contributed by atoms with van der Waals surface area (Å²) in [6.45, 7) is 2.63. The van der Waals surface area contributed by atoms with Crippen LogP contribution in [0, 0.1) is 5.51 Å². The van der Waals surface area contributed by atoms with Crippen LogP contribution in [-0.2, 0) is 0 Å². The van der Waals surface area contributed by atoms with E-state index in [0.717, 1.165) is 16.3 Å². The third kappa shape index (κ3) is 1.77. The SMILES string of the molecule is CCOc1s[c]nc1-c1ccccc1. The summed E-state index contributed by atoms with van der Waals surface area (Å²) in [7, 11) is 0. The lowest BCUT2D eigenvalue weighted by Crippen LogP contribution is -1.90. The Morgan fingerprint density at radius 2 is 2.14 bits per heavy atom. The molecule has 2 aromatic rings. The Balaban J connectivity index is 2.37. The molecular formula is C11H10NOS. The van der Waals surface area contributed by atoms with E-state index < -0.39 is 0 Å². The maximum absolute atomic E-state index is 5.46. The number of benzene rings is 1. The van der Waals surface area contributed by atoms with Gasteiger partial charge in [0.25, 0.3) is 0 Å². The van der Waals surface area contributed by atoms with Crippen LogP contribution in [0.3, 0.4) is 0 Å². The summed E-state index contributed by atoms with van der Waals surface area (Å²) < 4.78 is 5.46. The van der Waals surface area contributed by atoms with E-state index in [1.807, 2.05) is 37.3 Å². The number of nitrogens with zero attached hydrogens (tertiary/aromatic N) is 1. The minimum atomic E-state index is 0.663. The first kappa shape index (κ1) is 9.21. The van der Waals surface area contributed by atoms with Crippen molar-refractivity contribution >= 4 is 11.3 Å². The number of hydrogen-bond donors (Lipinski definition) is 0. The minimum Gasteiger partial charge on any atom is -0.483 e. The fourth-order valence-electron chi connectivity index (χ4n) is 1.21. The van der Waals surface area contributed by atoms with Crippen LogP contribution in [0.2, 0.25) is 0 Å². The van der Waals surface area contributed by atoms with Crippen LogP contribution in [0.25, 0.3) is 11.3 Å². The van der Waals surface area contributed by atoms with Gasteiger partial charge in [0.2, 0.25) is 5.06 Å². The van der Waals surface area contributed by atoms with Crippen LogP contribution >= 0.6 is 11.3 Å². The highest BCUT2D eigenvalue weighted by molar-refractivity contribution is 7.11. The first-order chi connectivity index (χ1) is 6.92. The first-order valence-corrected chi connectivity index (χ1v) is 5.28. The van der Waals surface area contributed by atoms with Gasteiger partial charge in [-0.2, -0.15) is 0 Å². The minimum absolute atomic E-state index is 0.663. The number of thiazole rings is 1. The van der Waals surface area contributed by atoms with Gasteiger partial charge in [-0.15, -0.1) is 0 Å². The Morgan fingerprint density at radius 3 is 2.86 bits per heavy atom. The molecule has 0 aliphatic carbocycles. The number of hydrogen-bond acceptors (Lipinski definition) is 3. The molecule has 14 heavy (non-hydrogen) atoms. The molecule has 1 heterocycles. The van der Waals surface area contributed by atoms with Gasteiger partial charge in [0, 0.05) is 5.56 Å². The van der Waals surface area contributed by atoms with Crippen LogP contribution in [0.1, 0.15) is 6.92 Å². The molecule has 0 spiro atoms. The molecule has 0 bridgehead atoms. The van der Waals surface area contributed by atoms with Crippen molar-refractivity contribution in [1.82, 2.24) is 4.98 Å². The van der Waals surface area contributed by atoms with Crippen molar-refractivity contribution in [2.75, 3.05) is 6.61 Å². The van der Waals surface area contributed by atoms with Crippen molar-refractivity contribution in [1.29, 1.82) is 0 Å². The molecule has 2 rings (SSSR count). The lowest BCUT2D eigenvalue weighted by atomic mass is 10.2. The van der Waals surface area contributed by atoms with Crippen LogP contribution in [0.5, 0.6) is 5.06 Å². The zero-order valence-electron chi connectivity index (χ0n) is 7.86. The third-order valence-corrected chi connectivity index (χ3v) is 2.49. The molecular weight excluding hydrogens is 194 g/mol. The Hall–Kier alpha value is -1.35. The normalized spacial score (nSPS) is 10.1. The summed E-state index contributed by atoms with van der Waals surface area (Å²) in [6.07, 6.45) is 0. The Labute approximate surface area is 87.2 Å². The van der Waals surface area contributed by atoms with E-state index in [1.54, 1.807) is 0 Å². The second-order valence-corrected chi connectivity index (χ2v) is 3.50. The highest BCUT2D eigenvalue weighted by atomic mass is 32.1. The molecule has 0 saturated heterocycles. The van der Waals surface area contributed by atoms with E-state index in [4.69, 9.17) is 4.74 Å². The predicted molar refractivity (Wildman–Crippen MR) is 57.6 cm³/mol. The molecule has 0 amide bonds. The van der Waals surface area contributed by atoms with Gasteiger partial charge in [0.1, 0.15) is 5.69 Å². The fraction of sp³-hybridized carbons (Fsp3) is 0.182. The summed E-state index contributed by atoms with van der Waals surface area (Å²) in [4.78, 5) is 4.17. The van der Waals surface area contributed by atoms with Gasteiger partial charge in [0.05, 0.1) is 6.61 Å². The zero-order chi connectivity index (χ0) is 9.80. The quantitative estimate of drug-likeness (QED) is 0.766. The topological polar surface area (TPSA) is 22.1 Å². The van der Waals surface area contributed by atoms with Crippen LogP contribution in [-0.4, -0.2) is 11.6 Å². The van der Waals surface area contributed by atoms with Crippen molar-refractivity contribution < 1.29 is 4.74 Å². The van der Waals surface area contributed by atoms with Gasteiger partial charge in [-0.25, -0.2) is 4.98 Å². The maximum Gasteiger partial charge on any atom is 0.202 e. The van der Waals surface area contributed by atoms with Crippen molar-refractivity contribution in [3.8, 4) is 16.3 Å². The zero-order valence-corrected chi connectivity index (χ0v) is 8.67. The van der Waals surface area contributed by atoms with Crippen molar-refractivity contribution in [3.63, 3.8) is 0 Å². The smallest absolute Gasteiger partial charge is 0.202 e. The molecule has 0 N–H and O–H groups in total. The molecule has 1 aromatic heterocycles. The van der Waals surface area contributed by atoms with Gasteiger partial charge in [-0.05, 0) is 6.92 Å². The molecule has 0 fully saturated rings. The second-order valence-electron chi connectivity index (χ2n) is 2.74. The summed E-state index contributed by atoms with van der Waals surface area (Å²) in [5.41, 5.74) is 4.81. The van der Waals surface area contributed by atoms with E-state index in [-0.39, 0.29) is 0 Å². The van der Waals surface area contributed by atoms with E-state index in [2.05, 4.69) is 10.5 Å². The summed E-state index contributed by atoms with van der Waals surface area (Å²) in [5, 5.41) is 0.846. The molecule has 0 aliphatic rings. The van der Waals surface area contributed by atoms with Gasteiger partial charge >= 0.3 is 0 Å². The first-order valence-electron chi connectivity index (χ1n) is 4.47. The van der Waals surface area contributed by atoms with Crippen LogP contribution in [0.15, 0.2) is 30.3 Å². The molecule has 0 saturated carbocycles. The Morgan fingerprint density at radius 1 is 1.36 bits per heavy atom. The van der Waals surface area contributed by atoms with Gasteiger partial charge in [0.15, 0.2) is 5.51 Å². The van der Waals surface area contributed by atoms with Crippen molar-refractivity contribution in [2.45, 2.75) is 6.92 Å². The number of aromatic nitrogens is 1. The highest BCUT2D eigenvalue weighted by Gasteiger charge is 2.08. The average molecular weight is 204 g/mol. The lowest BCUT2D eigenvalue weighted by molar-refractivity contribution is 0.351. The monoisotopic (exact) mass is 204 g/mol. The molecule has 3 heteroatoms. The lowest BCUT2D eigenvalue weighted by Gasteiger charge is -2.02. The predicted octanol–water partition coefficient (Wildman–Crippen LogP) is 3.01. The Bertz CT molecular complexity index is 397. The second kappa shape index (κ2) is 4.24. The van der Waals surface area contributed by atoms with E-state index in [0.29, 0.717) is 6.61 Å². The highest BCUT2D eigenvalue weighted by Crippen LogP contribution is 2.31. The molecule has 0 atom stereocenters. The van der Waals surface area contributed by atoms with Crippen LogP contribution < -0.4 is 4.74 Å². The molecule has 1 radical (unpaired) electrons. The molecule has 0 aliphatic heterocycles. The average Bonchev–Trinajstić information content (AvgIpc) is 2.68. The third-order valence-electron chi connectivity index (χ3n) is 1.81. The maximum atomic E-state index is 5.46. The number of rotatable bonds is 3. The molecule has 1 aromatic carbocycles. The van der Waals surface area contributed by atoms with E-state index in [1.165, 1.54) is 11.3 Å². The molecule has 0 unspecified atom stereocenters. The number of ether oxygens (including phenoxy) is 1. The van der Waals surface area contributed by atoms with Gasteiger partial charge in [-0.3, -0.25) is 0 Å². The van der Waals surface area contributed by atoms with Crippen molar-refractivity contribution in [2.24, 2.45) is 0 Å². The largest absolute Gasteiger partial charge is 0.483 e. The summed E-state index contributed by atoms with van der Waals surface area (Å²) in [5.74, 6) is 0. The van der Waals surface area contributed by atoms with Gasteiger partial charge in [-0.1, -0.05) is 41.7 Å².